The Hall–Kier alpha value is -3.38. The van der Waals surface area contributed by atoms with Crippen LogP contribution in [0.2, 0.25) is 5.02 Å². The number of hydrogen-bond acceptors (Lipinski definition) is 4. The smallest absolute Gasteiger partial charge is 0.253 e. The first-order chi connectivity index (χ1) is 16.5. The van der Waals surface area contributed by atoms with Crippen LogP contribution >= 0.6 is 11.6 Å². The van der Waals surface area contributed by atoms with Crippen molar-refractivity contribution in [1.82, 2.24) is 9.88 Å². The standard InChI is InChI=1S/C27H29ClN4O2/c1-2-24(20-7-4-3-5-8-20)26(33)30-23-13-14-25(29-19-23)31-15-6-16-32(18-17-31)27(34)21-9-11-22(28)12-10-21/h3-5,7-14,19,24H,2,6,15-18H2,1H3,(H,30,33)/t24-/m0/s1. The Morgan fingerprint density at radius 3 is 2.41 bits per heavy atom. The molecule has 1 aromatic heterocycles. The van der Waals surface area contributed by atoms with Gasteiger partial charge in [0.05, 0.1) is 17.8 Å². The molecular formula is C27H29ClN4O2. The minimum Gasteiger partial charge on any atom is -0.355 e. The van der Waals surface area contributed by atoms with E-state index in [9.17, 15) is 9.59 Å². The van der Waals surface area contributed by atoms with Crippen molar-refractivity contribution >= 4 is 34.9 Å². The van der Waals surface area contributed by atoms with Gasteiger partial charge in [-0.3, -0.25) is 9.59 Å². The van der Waals surface area contributed by atoms with Crippen LogP contribution in [0, 0.1) is 0 Å². The number of nitrogens with zero attached hydrogens (tertiary/aromatic N) is 3. The van der Waals surface area contributed by atoms with Gasteiger partial charge in [0.1, 0.15) is 5.82 Å². The minimum absolute atomic E-state index is 0.0217. The van der Waals surface area contributed by atoms with Crippen molar-refractivity contribution in [1.29, 1.82) is 0 Å². The fourth-order valence-electron chi connectivity index (χ4n) is 4.26. The van der Waals surface area contributed by atoms with Gasteiger partial charge in [-0.2, -0.15) is 0 Å². The summed E-state index contributed by atoms with van der Waals surface area (Å²) in [6.07, 6.45) is 3.28. The molecule has 176 valence electrons. The highest BCUT2D eigenvalue weighted by Gasteiger charge is 2.22. The third kappa shape index (κ3) is 5.75. The minimum atomic E-state index is -0.198. The zero-order chi connectivity index (χ0) is 23.9. The second-order valence-electron chi connectivity index (χ2n) is 8.41. The van der Waals surface area contributed by atoms with Crippen LogP contribution in [0.4, 0.5) is 11.5 Å². The maximum absolute atomic E-state index is 12.8. The maximum Gasteiger partial charge on any atom is 0.253 e. The third-order valence-electron chi connectivity index (χ3n) is 6.14. The van der Waals surface area contributed by atoms with Crippen LogP contribution in [0.5, 0.6) is 0 Å². The molecule has 0 aliphatic carbocycles. The molecule has 4 rings (SSSR count). The monoisotopic (exact) mass is 476 g/mol. The molecule has 0 radical (unpaired) electrons. The second kappa shape index (κ2) is 11.2. The first-order valence-corrected chi connectivity index (χ1v) is 12.0. The molecule has 0 spiro atoms. The van der Waals surface area contributed by atoms with Gasteiger partial charge in [-0.1, -0.05) is 48.9 Å². The van der Waals surface area contributed by atoms with Crippen molar-refractivity contribution in [3.05, 3.63) is 89.1 Å². The fourth-order valence-corrected chi connectivity index (χ4v) is 4.38. The highest BCUT2D eigenvalue weighted by atomic mass is 35.5. The van der Waals surface area contributed by atoms with E-state index in [1.807, 2.05) is 54.3 Å². The van der Waals surface area contributed by atoms with Crippen LogP contribution in [0.1, 0.15) is 41.6 Å². The van der Waals surface area contributed by atoms with E-state index in [2.05, 4.69) is 15.2 Å². The molecule has 0 saturated carbocycles. The summed E-state index contributed by atoms with van der Waals surface area (Å²) in [6, 6.07) is 20.6. The van der Waals surface area contributed by atoms with E-state index in [0.29, 0.717) is 35.9 Å². The van der Waals surface area contributed by atoms with Gasteiger partial charge < -0.3 is 15.1 Å². The lowest BCUT2D eigenvalue weighted by molar-refractivity contribution is -0.117. The Labute approximate surface area is 205 Å². The molecule has 2 amide bonds. The molecular weight excluding hydrogens is 448 g/mol. The van der Waals surface area contributed by atoms with Crippen LogP contribution in [0.15, 0.2) is 72.9 Å². The summed E-state index contributed by atoms with van der Waals surface area (Å²) in [5.74, 6) is 0.632. The molecule has 1 aliphatic heterocycles. The van der Waals surface area contributed by atoms with E-state index in [-0.39, 0.29) is 17.7 Å². The normalized spacial score (nSPS) is 14.9. The highest BCUT2D eigenvalue weighted by molar-refractivity contribution is 6.30. The van der Waals surface area contributed by atoms with Crippen LogP contribution in [0.3, 0.4) is 0 Å². The Bertz CT molecular complexity index is 1100. The van der Waals surface area contributed by atoms with Gasteiger partial charge in [0.25, 0.3) is 5.91 Å². The van der Waals surface area contributed by atoms with Crippen molar-refractivity contribution in [2.45, 2.75) is 25.7 Å². The van der Waals surface area contributed by atoms with E-state index in [4.69, 9.17) is 11.6 Å². The van der Waals surface area contributed by atoms with Crippen molar-refractivity contribution in [2.75, 3.05) is 36.4 Å². The average molecular weight is 477 g/mol. The maximum atomic E-state index is 12.8. The predicted octanol–water partition coefficient (Wildman–Crippen LogP) is 5.22. The number of halogens is 1. The van der Waals surface area contributed by atoms with Gasteiger partial charge in [0, 0.05) is 36.8 Å². The van der Waals surface area contributed by atoms with E-state index < -0.39 is 0 Å². The summed E-state index contributed by atoms with van der Waals surface area (Å²) >= 11 is 5.94. The molecule has 34 heavy (non-hydrogen) atoms. The zero-order valence-corrected chi connectivity index (χ0v) is 20.0. The lowest BCUT2D eigenvalue weighted by Gasteiger charge is -2.23. The average Bonchev–Trinajstić information content (AvgIpc) is 3.12. The van der Waals surface area contributed by atoms with E-state index in [0.717, 1.165) is 30.8 Å². The molecule has 1 atom stereocenters. The molecule has 6 nitrogen and oxygen atoms in total. The molecule has 1 saturated heterocycles. The largest absolute Gasteiger partial charge is 0.355 e. The van der Waals surface area contributed by atoms with Crippen LogP contribution in [-0.4, -0.2) is 47.9 Å². The predicted molar refractivity (Wildman–Crippen MR) is 137 cm³/mol. The van der Waals surface area contributed by atoms with Crippen molar-refractivity contribution in [3.63, 3.8) is 0 Å². The summed E-state index contributed by atoms with van der Waals surface area (Å²) in [6.45, 7) is 4.85. The molecule has 0 unspecified atom stereocenters. The summed E-state index contributed by atoms with van der Waals surface area (Å²) in [5.41, 5.74) is 2.34. The third-order valence-corrected chi connectivity index (χ3v) is 6.39. The number of anilines is 2. The van der Waals surface area contributed by atoms with Crippen molar-refractivity contribution in [2.24, 2.45) is 0 Å². The molecule has 1 N–H and O–H groups in total. The molecule has 0 bridgehead atoms. The van der Waals surface area contributed by atoms with Gasteiger partial charge in [0.2, 0.25) is 5.91 Å². The van der Waals surface area contributed by atoms with Gasteiger partial charge in [-0.15, -0.1) is 0 Å². The summed E-state index contributed by atoms with van der Waals surface area (Å²) in [7, 11) is 0. The SMILES string of the molecule is CC[C@H](C(=O)Nc1ccc(N2CCCN(C(=O)c3ccc(Cl)cc3)CC2)nc1)c1ccccc1. The van der Waals surface area contributed by atoms with Gasteiger partial charge in [-0.05, 0) is 54.8 Å². The topological polar surface area (TPSA) is 65.5 Å². The van der Waals surface area contributed by atoms with Gasteiger partial charge in [-0.25, -0.2) is 4.98 Å². The molecule has 2 aromatic carbocycles. The van der Waals surface area contributed by atoms with E-state index in [1.54, 1.807) is 30.5 Å². The quantitative estimate of drug-likeness (QED) is 0.529. The first kappa shape index (κ1) is 23.8. The molecule has 7 heteroatoms. The number of amides is 2. The Balaban J connectivity index is 1.36. The zero-order valence-electron chi connectivity index (χ0n) is 19.3. The van der Waals surface area contributed by atoms with Crippen molar-refractivity contribution < 1.29 is 9.59 Å². The number of rotatable bonds is 6. The summed E-state index contributed by atoms with van der Waals surface area (Å²) in [5, 5.41) is 3.62. The van der Waals surface area contributed by atoms with E-state index >= 15 is 0 Å². The number of nitrogens with one attached hydrogen (secondary N) is 1. The number of carbonyl (C=O) groups excluding carboxylic acids is 2. The lowest BCUT2D eigenvalue weighted by atomic mass is 9.95. The fraction of sp³-hybridized carbons (Fsp3) is 0.296. The number of pyridine rings is 1. The Kier molecular flexibility index (Phi) is 7.80. The summed E-state index contributed by atoms with van der Waals surface area (Å²) < 4.78 is 0. The van der Waals surface area contributed by atoms with Crippen LogP contribution < -0.4 is 10.2 Å². The van der Waals surface area contributed by atoms with Gasteiger partial charge >= 0.3 is 0 Å². The Morgan fingerprint density at radius 1 is 0.971 bits per heavy atom. The number of benzene rings is 2. The molecule has 3 aromatic rings. The summed E-state index contributed by atoms with van der Waals surface area (Å²) in [4.78, 5) is 34.3. The number of aromatic nitrogens is 1. The number of hydrogen-bond donors (Lipinski definition) is 1. The molecule has 1 fully saturated rings. The first-order valence-electron chi connectivity index (χ1n) is 11.7. The number of carbonyl (C=O) groups is 2. The van der Waals surface area contributed by atoms with Gasteiger partial charge in [0.15, 0.2) is 0 Å². The molecule has 2 heterocycles. The molecule has 1 aliphatic rings. The van der Waals surface area contributed by atoms with Crippen LogP contribution in [0.25, 0.3) is 0 Å². The lowest BCUT2D eigenvalue weighted by Crippen LogP contribution is -2.35. The van der Waals surface area contributed by atoms with Crippen molar-refractivity contribution in [3.8, 4) is 0 Å². The second-order valence-corrected chi connectivity index (χ2v) is 8.84. The Morgan fingerprint density at radius 2 is 1.74 bits per heavy atom. The van der Waals surface area contributed by atoms with Crippen LogP contribution in [-0.2, 0) is 4.79 Å². The highest BCUT2D eigenvalue weighted by Crippen LogP contribution is 2.23. The van der Waals surface area contributed by atoms with E-state index in [1.165, 1.54) is 0 Å².